The Morgan fingerprint density at radius 1 is 1.00 bits per heavy atom. The van der Waals surface area contributed by atoms with E-state index >= 15 is 0 Å². The molecule has 2 aromatic heterocycles. The van der Waals surface area contributed by atoms with Crippen molar-refractivity contribution in [3.63, 3.8) is 0 Å². The lowest BCUT2D eigenvalue weighted by atomic mass is 10.2. The zero-order valence-corrected chi connectivity index (χ0v) is 9.45. The van der Waals surface area contributed by atoms with Gasteiger partial charge in [0.15, 0.2) is 5.75 Å². The van der Waals surface area contributed by atoms with Crippen molar-refractivity contribution in [2.45, 2.75) is 0 Å². The molecule has 1 aromatic carbocycles. The van der Waals surface area contributed by atoms with Crippen molar-refractivity contribution in [3.05, 3.63) is 48.8 Å². The van der Waals surface area contributed by atoms with Gasteiger partial charge >= 0.3 is 0 Å². The number of pyridine rings is 1. The van der Waals surface area contributed by atoms with Gasteiger partial charge in [0, 0.05) is 29.5 Å². The van der Waals surface area contributed by atoms with E-state index in [2.05, 4.69) is 15.2 Å². The van der Waals surface area contributed by atoms with E-state index in [9.17, 15) is 0 Å². The predicted octanol–water partition coefficient (Wildman–Crippen LogP) is 2.40. The molecule has 2 N–H and O–H groups in total. The number of hydrogen-bond donors (Lipinski definition) is 1. The van der Waals surface area contributed by atoms with Crippen LogP contribution in [0.4, 0.5) is 5.69 Å². The Balaban J connectivity index is 2.10. The van der Waals surface area contributed by atoms with Crippen molar-refractivity contribution in [1.29, 1.82) is 0 Å². The summed E-state index contributed by atoms with van der Waals surface area (Å²) in [6, 6.07) is 10.8. The van der Waals surface area contributed by atoms with Gasteiger partial charge in [-0.25, -0.2) is 0 Å². The minimum absolute atomic E-state index is 0.425. The Bertz CT molecular complexity index is 685. The maximum atomic E-state index is 5.89. The largest absolute Gasteiger partial charge is 0.435 e. The molecule has 2 heterocycles. The Morgan fingerprint density at radius 2 is 1.89 bits per heavy atom. The molecule has 0 aliphatic rings. The van der Waals surface area contributed by atoms with Crippen LogP contribution in [0.25, 0.3) is 10.9 Å². The Hall–Kier alpha value is -2.69. The van der Waals surface area contributed by atoms with Crippen LogP contribution in [-0.2, 0) is 0 Å². The fraction of sp³-hybridized carbons (Fsp3) is 0. The van der Waals surface area contributed by atoms with Crippen LogP contribution in [0.2, 0.25) is 0 Å². The number of rotatable bonds is 2. The molecule has 0 aliphatic carbocycles. The first-order valence-electron chi connectivity index (χ1n) is 5.43. The summed E-state index contributed by atoms with van der Waals surface area (Å²) in [6.07, 6.45) is 3.29. The van der Waals surface area contributed by atoms with E-state index in [0.29, 0.717) is 22.8 Å². The summed E-state index contributed by atoms with van der Waals surface area (Å²) in [6.45, 7) is 0. The van der Waals surface area contributed by atoms with Crippen molar-refractivity contribution in [3.8, 4) is 11.6 Å². The number of nitrogens with two attached hydrogens (primary N) is 1. The van der Waals surface area contributed by atoms with Gasteiger partial charge in [-0.3, -0.25) is 4.98 Å². The van der Waals surface area contributed by atoms with Crippen molar-refractivity contribution >= 4 is 16.6 Å². The normalized spacial score (nSPS) is 10.4. The van der Waals surface area contributed by atoms with E-state index < -0.39 is 0 Å². The van der Waals surface area contributed by atoms with Crippen LogP contribution in [-0.4, -0.2) is 15.2 Å². The monoisotopic (exact) mass is 238 g/mol. The standard InChI is InChI=1S/C13H10N4O/c14-10-5-6-11(13-9(10)3-1-7-15-13)18-12-4-2-8-16-17-12/h1-8H,14H2. The smallest absolute Gasteiger partial charge is 0.238 e. The average molecular weight is 238 g/mol. The second kappa shape index (κ2) is 4.29. The van der Waals surface area contributed by atoms with E-state index in [-0.39, 0.29) is 0 Å². The van der Waals surface area contributed by atoms with Crippen LogP contribution >= 0.6 is 0 Å². The van der Waals surface area contributed by atoms with E-state index in [0.717, 1.165) is 5.39 Å². The summed E-state index contributed by atoms with van der Waals surface area (Å²) in [5, 5.41) is 8.49. The summed E-state index contributed by atoms with van der Waals surface area (Å²) in [4.78, 5) is 4.28. The highest BCUT2D eigenvalue weighted by molar-refractivity contribution is 5.94. The summed E-state index contributed by atoms with van der Waals surface area (Å²) in [7, 11) is 0. The van der Waals surface area contributed by atoms with Gasteiger partial charge in [0.2, 0.25) is 5.88 Å². The zero-order valence-electron chi connectivity index (χ0n) is 9.45. The molecule has 5 nitrogen and oxygen atoms in total. The van der Waals surface area contributed by atoms with Crippen molar-refractivity contribution in [2.75, 3.05) is 5.73 Å². The Kier molecular flexibility index (Phi) is 2.49. The number of ether oxygens (including phenoxy) is 1. The molecule has 0 saturated carbocycles. The summed E-state index contributed by atoms with van der Waals surface area (Å²) < 4.78 is 5.65. The lowest BCUT2D eigenvalue weighted by Gasteiger charge is -2.08. The molecule has 0 amide bonds. The third-order valence-electron chi connectivity index (χ3n) is 2.53. The van der Waals surface area contributed by atoms with Crippen molar-refractivity contribution in [2.24, 2.45) is 0 Å². The number of nitrogens with zero attached hydrogens (tertiary/aromatic N) is 3. The van der Waals surface area contributed by atoms with Crippen LogP contribution in [0.5, 0.6) is 11.6 Å². The van der Waals surface area contributed by atoms with Gasteiger partial charge in [-0.2, -0.15) is 5.10 Å². The first-order chi connectivity index (χ1) is 8.84. The Labute approximate surface area is 103 Å². The lowest BCUT2D eigenvalue weighted by Crippen LogP contribution is -1.94. The number of fused-ring (bicyclic) bond motifs is 1. The molecule has 0 bridgehead atoms. The maximum Gasteiger partial charge on any atom is 0.238 e. The molecule has 0 unspecified atom stereocenters. The highest BCUT2D eigenvalue weighted by atomic mass is 16.5. The van der Waals surface area contributed by atoms with Crippen LogP contribution in [0.3, 0.4) is 0 Å². The third-order valence-corrected chi connectivity index (χ3v) is 2.53. The molecule has 0 radical (unpaired) electrons. The van der Waals surface area contributed by atoms with Crippen LogP contribution < -0.4 is 10.5 Å². The summed E-state index contributed by atoms with van der Waals surface area (Å²) in [5.74, 6) is 1.04. The lowest BCUT2D eigenvalue weighted by molar-refractivity contribution is 0.459. The minimum Gasteiger partial charge on any atom is -0.435 e. The highest BCUT2D eigenvalue weighted by Gasteiger charge is 2.07. The first-order valence-corrected chi connectivity index (χ1v) is 5.43. The van der Waals surface area contributed by atoms with Crippen molar-refractivity contribution < 1.29 is 4.74 Å². The minimum atomic E-state index is 0.425. The SMILES string of the molecule is Nc1ccc(Oc2cccnn2)c2ncccc12. The predicted molar refractivity (Wildman–Crippen MR) is 68.3 cm³/mol. The van der Waals surface area contributed by atoms with Crippen molar-refractivity contribution in [1.82, 2.24) is 15.2 Å². The van der Waals surface area contributed by atoms with Gasteiger partial charge in [0.1, 0.15) is 5.52 Å². The molecule has 0 fully saturated rings. The number of anilines is 1. The average Bonchev–Trinajstić information content (AvgIpc) is 2.44. The Morgan fingerprint density at radius 3 is 2.72 bits per heavy atom. The molecule has 0 spiro atoms. The van der Waals surface area contributed by atoms with E-state index in [4.69, 9.17) is 10.5 Å². The fourth-order valence-electron chi connectivity index (χ4n) is 1.71. The van der Waals surface area contributed by atoms with Crippen LogP contribution in [0.1, 0.15) is 0 Å². The molecule has 0 saturated heterocycles. The van der Waals surface area contributed by atoms with Gasteiger partial charge in [-0.15, -0.1) is 5.10 Å². The molecule has 3 rings (SSSR count). The molecule has 88 valence electrons. The number of hydrogen-bond acceptors (Lipinski definition) is 5. The number of benzene rings is 1. The summed E-state index contributed by atoms with van der Waals surface area (Å²) >= 11 is 0. The van der Waals surface area contributed by atoms with Gasteiger partial charge in [-0.1, -0.05) is 0 Å². The van der Waals surface area contributed by atoms with Gasteiger partial charge in [0.25, 0.3) is 0 Å². The molecule has 5 heteroatoms. The first kappa shape index (κ1) is 10.5. The van der Waals surface area contributed by atoms with Gasteiger partial charge in [0.05, 0.1) is 0 Å². The van der Waals surface area contributed by atoms with Gasteiger partial charge in [-0.05, 0) is 30.3 Å². The van der Waals surface area contributed by atoms with E-state index in [1.807, 2.05) is 12.1 Å². The third kappa shape index (κ3) is 1.82. The zero-order chi connectivity index (χ0) is 12.4. The fourth-order valence-corrected chi connectivity index (χ4v) is 1.71. The van der Waals surface area contributed by atoms with Gasteiger partial charge < -0.3 is 10.5 Å². The van der Waals surface area contributed by atoms with Crippen LogP contribution in [0.15, 0.2) is 48.8 Å². The topological polar surface area (TPSA) is 73.9 Å². The summed E-state index contributed by atoms with van der Waals surface area (Å²) in [5.41, 5.74) is 7.28. The van der Waals surface area contributed by atoms with Crippen LogP contribution in [0, 0.1) is 0 Å². The van der Waals surface area contributed by atoms with E-state index in [1.165, 1.54) is 0 Å². The quantitative estimate of drug-likeness (QED) is 0.694. The highest BCUT2D eigenvalue weighted by Crippen LogP contribution is 2.30. The number of aromatic nitrogens is 3. The molecule has 18 heavy (non-hydrogen) atoms. The molecule has 3 aromatic rings. The molecular formula is C13H10N4O. The molecular weight excluding hydrogens is 228 g/mol. The molecule has 0 atom stereocenters. The maximum absolute atomic E-state index is 5.89. The second-order valence-electron chi connectivity index (χ2n) is 3.72. The van der Waals surface area contributed by atoms with E-state index in [1.54, 1.807) is 36.7 Å². The molecule has 0 aliphatic heterocycles. The second-order valence-corrected chi connectivity index (χ2v) is 3.72. The number of nitrogen functional groups attached to an aromatic ring is 1.